The molecule has 0 bridgehead atoms. The second kappa shape index (κ2) is 5.45. The lowest BCUT2D eigenvalue weighted by Crippen LogP contribution is -2.14. The molecule has 0 aliphatic heterocycles. The van der Waals surface area contributed by atoms with Gasteiger partial charge in [0.25, 0.3) is 0 Å². The van der Waals surface area contributed by atoms with Gasteiger partial charge in [0.05, 0.1) is 0 Å². The van der Waals surface area contributed by atoms with Gasteiger partial charge in [-0.2, -0.15) is 0 Å². The molecule has 0 aliphatic rings. The highest BCUT2D eigenvalue weighted by molar-refractivity contribution is 5.31. The summed E-state index contributed by atoms with van der Waals surface area (Å²) < 4.78 is 0. The van der Waals surface area contributed by atoms with E-state index in [0.717, 1.165) is 18.5 Å². The average Bonchev–Trinajstić information content (AvgIpc) is 2.15. The first-order chi connectivity index (χ1) is 6.70. The number of phenolic OH excluding ortho intramolecular Hbond substituents is 1. The van der Waals surface area contributed by atoms with Gasteiger partial charge < -0.3 is 10.4 Å². The summed E-state index contributed by atoms with van der Waals surface area (Å²) in [6, 6.07) is 7.38. The van der Waals surface area contributed by atoms with Crippen LogP contribution in [-0.4, -0.2) is 11.7 Å². The summed E-state index contributed by atoms with van der Waals surface area (Å²) in [7, 11) is 0. The normalized spacial score (nSPS) is 10.1. The minimum atomic E-state index is 0.357. The molecule has 0 atom stereocenters. The first kappa shape index (κ1) is 10.8. The van der Waals surface area contributed by atoms with E-state index in [9.17, 15) is 5.11 Å². The van der Waals surface area contributed by atoms with E-state index in [2.05, 4.69) is 11.9 Å². The number of hydrogen-bond donors (Lipinski definition) is 2. The van der Waals surface area contributed by atoms with Gasteiger partial charge in [0, 0.05) is 12.1 Å². The Hall–Kier alpha value is -1.28. The largest absolute Gasteiger partial charge is 0.508 e. The smallest absolute Gasteiger partial charge is 0.120 e. The Balaban J connectivity index is 2.31. The molecule has 0 fully saturated rings. The highest BCUT2D eigenvalue weighted by Crippen LogP contribution is 2.14. The fourth-order valence-corrected chi connectivity index (χ4v) is 1.19. The summed E-state index contributed by atoms with van der Waals surface area (Å²) in [4.78, 5) is 0. The zero-order valence-corrected chi connectivity index (χ0v) is 8.59. The molecular weight excluding hydrogens is 174 g/mol. The van der Waals surface area contributed by atoms with E-state index in [-0.39, 0.29) is 0 Å². The van der Waals surface area contributed by atoms with E-state index >= 15 is 0 Å². The maximum atomic E-state index is 9.46. The van der Waals surface area contributed by atoms with E-state index in [4.69, 9.17) is 0 Å². The van der Waals surface area contributed by atoms with Gasteiger partial charge in [-0.1, -0.05) is 23.8 Å². The highest BCUT2D eigenvalue weighted by Gasteiger charge is 1.97. The predicted molar refractivity (Wildman–Crippen MR) is 59.2 cm³/mol. The van der Waals surface area contributed by atoms with Crippen LogP contribution in [0.3, 0.4) is 0 Å². The molecule has 1 aromatic carbocycles. The second-order valence-corrected chi connectivity index (χ2v) is 3.51. The van der Waals surface area contributed by atoms with Crippen molar-refractivity contribution in [3.8, 4) is 5.75 Å². The minimum Gasteiger partial charge on any atom is -0.508 e. The van der Waals surface area contributed by atoms with Crippen LogP contribution in [0, 0.1) is 0 Å². The Kier molecular flexibility index (Phi) is 4.20. The van der Waals surface area contributed by atoms with E-state index in [1.165, 1.54) is 5.57 Å². The van der Waals surface area contributed by atoms with Crippen molar-refractivity contribution < 1.29 is 5.11 Å². The Bertz CT molecular complexity index is 307. The molecule has 0 amide bonds. The quantitative estimate of drug-likeness (QED) is 0.553. The van der Waals surface area contributed by atoms with Crippen LogP contribution < -0.4 is 5.32 Å². The molecule has 2 heteroatoms. The van der Waals surface area contributed by atoms with Crippen molar-refractivity contribution in [1.29, 1.82) is 0 Å². The van der Waals surface area contributed by atoms with Crippen molar-refractivity contribution in [3.63, 3.8) is 0 Å². The standard InChI is InChI=1S/C12H17NO/c1-10(2)7-8-13-9-11-5-3-4-6-12(11)14/h3-6,13-14H,1,7-9H2,2H3. The highest BCUT2D eigenvalue weighted by atomic mass is 16.3. The van der Waals surface area contributed by atoms with Gasteiger partial charge in [-0.05, 0) is 26.0 Å². The Labute approximate surface area is 85.3 Å². The van der Waals surface area contributed by atoms with Gasteiger partial charge in [-0.15, -0.1) is 6.58 Å². The SMILES string of the molecule is C=C(C)CCNCc1ccccc1O. The molecule has 0 unspecified atom stereocenters. The Morgan fingerprint density at radius 3 is 2.79 bits per heavy atom. The number of para-hydroxylation sites is 1. The van der Waals surface area contributed by atoms with Crippen LogP contribution in [0.2, 0.25) is 0 Å². The Morgan fingerprint density at radius 2 is 2.14 bits per heavy atom. The van der Waals surface area contributed by atoms with Gasteiger partial charge in [0.2, 0.25) is 0 Å². The number of nitrogens with one attached hydrogen (secondary N) is 1. The fourth-order valence-electron chi connectivity index (χ4n) is 1.19. The van der Waals surface area contributed by atoms with Gasteiger partial charge >= 0.3 is 0 Å². The number of rotatable bonds is 5. The van der Waals surface area contributed by atoms with Crippen LogP contribution in [0.25, 0.3) is 0 Å². The summed E-state index contributed by atoms with van der Waals surface area (Å²) in [5.74, 6) is 0.357. The number of benzene rings is 1. The van der Waals surface area contributed by atoms with Crippen LogP contribution in [-0.2, 0) is 6.54 Å². The molecular formula is C12H17NO. The van der Waals surface area contributed by atoms with Crippen LogP contribution in [0.4, 0.5) is 0 Å². The zero-order valence-electron chi connectivity index (χ0n) is 8.59. The molecule has 1 aromatic rings. The molecule has 2 N–H and O–H groups in total. The minimum absolute atomic E-state index is 0.357. The van der Waals surface area contributed by atoms with Crippen LogP contribution in [0.15, 0.2) is 36.4 Å². The van der Waals surface area contributed by atoms with Gasteiger partial charge in [-0.3, -0.25) is 0 Å². The summed E-state index contributed by atoms with van der Waals surface area (Å²) >= 11 is 0. The van der Waals surface area contributed by atoms with Gasteiger partial charge in [0.15, 0.2) is 0 Å². The van der Waals surface area contributed by atoms with Gasteiger partial charge in [0.1, 0.15) is 5.75 Å². The first-order valence-electron chi connectivity index (χ1n) is 4.82. The maximum Gasteiger partial charge on any atom is 0.120 e. The van der Waals surface area contributed by atoms with E-state index < -0.39 is 0 Å². The van der Waals surface area contributed by atoms with Gasteiger partial charge in [-0.25, -0.2) is 0 Å². The van der Waals surface area contributed by atoms with Crippen molar-refractivity contribution in [3.05, 3.63) is 42.0 Å². The average molecular weight is 191 g/mol. The molecule has 0 saturated heterocycles. The third-order valence-corrected chi connectivity index (χ3v) is 2.04. The molecule has 1 rings (SSSR count). The van der Waals surface area contributed by atoms with Crippen molar-refractivity contribution in [1.82, 2.24) is 5.32 Å². The first-order valence-corrected chi connectivity index (χ1v) is 4.82. The third kappa shape index (κ3) is 3.62. The molecule has 0 heterocycles. The van der Waals surface area contributed by atoms with Crippen molar-refractivity contribution >= 4 is 0 Å². The topological polar surface area (TPSA) is 32.3 Å². The second-order valence-electron chi connectivity index (χ2n) is 3.51. The maximum absolute atomic E-state index is 9.46. The number of aromatic hydroxyl groups is 1. The monoisotopic (exact) mass is 191 g/mol. The number of phenols is 1. The molecule has 0 saturated carbocycles. The lowest BCUT2D eigenvalue weighted by molar-refractivity contribution is 0.464. The Morgan fingerprint density at radius 1 is 1.43 bits per heavy atom. The third-order valence-electron chi connectivity index (χ3n) is 2.04. The molecule has 0 aliphatic carbocycles. The number of hydrogen-bond acceptors (Lipinski definition) is 2. The zero-order chi connectivity index (χ0) is 10.4. The fraction of sp³-hybridized carbons (Fsp3) is 0.333. The molecule has 14 heavy (non-hydrogen) atoms. The summed E-state index contributed by atoms with van der Waals surface area (Å²) in [6.07, 6.45) is 0.980. The molecule has 0 aromatic heterocycles. The van der Waals surface area contributed by atoms with E-state index in [1.54, 1.807) is 6.07 Å². The molecule has 2 nitrogen and oxygen atoms in total. The van der Waals surface area contributed by atoms with Crippen LogP contribution >= 0.6 is 0 Å². The van der Waals surface area contributed by atoms with E-state index in [1.807, 2.05) is 25.1 Å². The summed E-state index contributed by atoms with van der Waals surface area (Å²) in [5, 5.41) is 12.7. The summed E-state index contributed by atoms with van der Waals surface area (Å²) in [5.41, 5.74) is 2.11. The van der Waals surface area contributed by atoms with Crippen molar-refractivity contribution in [2.45, 2.75) is 19.9 Å². The lowest BCUT2D eigenvalue weighted by Gasteiger charge is -2.06. The summed E-state index contributed by atoms with van der Waals surface area (Å²) in [6.45, 7) is 7.46. The molecule has 0 radical (unpaired) electrons. The lowest BCUT2D eigenvalue weighted by atomic mass is 10.2. The predicted octanol–water partition coefficient (Wildman–Crippen LogP) is 2.45. The van der Waals surface area contributed by atoms with Crippen LogP contribution in [0.5, 0.6) is 5.75 Å². The van der Waals surface area contributed by atoms with Crippen molar-refractivity contribution in [2.75, 3.05) is 6.54 Å². The molecule has 76 valence electrons. The van der Waals surface area contributed by atoms with Crippen LogP contribution in [0.1, 0.15) is 18.9 Å². The van der Waals surface area contributed by atoms with E-state index in [0.29, 0.717) is 12.3 Å². The molecule has 0 spiro atoms. The van der Waals surface area contributed by atoms with Crippen molar-refractivity contribution in [2.24, 2.45) is 0 Å².